The van der Waals surface area contributed by atoms with Crippen LogP contribution in [0.5, 0.6) is 0 Å². The van der Waals surface area contributed by atoms with Crippen LogP contribution in [0, 0.1) is 0 Å². The minimum absolute atomic E-state index is 0.193. The zero-order chi connectivity index (χ0) is 19.1. The summed E-state index contributed by atoms with van der Waals surface area (Å²) in [6, 6.07) is 0. The minimum atomic E-state index is 0.193. The van der Waals surface area contributed by atoms with Crippen LogP contribution in [0.15, 0.2) is 11.8 Å². The minimum Gasteiger partial charge on any atom is -0.379 e. The van der Waals surface area contributed by atoms with E-state index in [1.165, 1.54) is 18.5 Å². The molecule has 0 aromatic rings. The number of likely N-dealkylation sites (N-methyl/N-ethyl adjacent to an activating group) is 1. The number of carbonyl (C=O) groups excluding carboxylic acids is 2. The van der Waals surface area contributed by atoms with Crippen LogP contribution in [-0.2, 0) is 14.3 Å². The molecule has 2 fully saturated rings. The molecular weight excluding hydrogens is 344 g/mol. The molecule has 2 heterocycles. The smallest absolute Gasteiger partial charge is 0.240 e. The molecule has 3 aliphatic rings. The first-order valence-corrected chi connectivity index (χ1v) is 10.5. The third-order valence-electron chi connectivity index (χ3n) is 5.78. The second-order valence-electron chi connectivity index (χ2n) is 7.62. The van der Waals surface area contributed by atoms with Gasteiger partial charge < -0.3 is 14.5 Å². The fraction of sp³-hybridized carbons (Fsp3) is 0.800. The fourth-order valence-corrected chi connectivity index (χ4v) is 4.09. The molecule has 0 aromatic heterocycles. The number of hydrogen-bond donors (Lipinski definition) is 0. The lowest BCUT2D eigenvalue weighted by molar-refractivity contribution is -0.136. The molecule has 0 saturated carbocycles. The van der Waals surface area contributed by atoms with Crippen LogP contribution in [0.2, 0.25) is 0 Å². The van der Waals surface area contributed by atoms with Crippen molar-refractivity contribution in [1.29, 1.82) is 0 Å². The van der Waals surface area contributed by atoms with Crippen molar-refractivity contribution in [3.63, 3.8) is 0 Å². The van der Waals surface area contributed by atoms with Gasteiger partial charge in [0.1, 0.15) is 0 Å². The summed E-state index contributed by atoms with van der Waals surface area (Å²) in [5.74, 6) is 0.393. The number of piperazine rings is 1. The highest BCUT2D eigenvalue weighted by Crippen LogP contribution is 2.21. The SMILES string of the molecule is CCN(C(=O)CN1CCN(C(=O)CN2CCOCC2)CC1)C1=CCCCC1. The molecule has 27 heavy (non-hydrogen) atoms. The highest BCUT2D eigenvalue weighted by molar-refractivity contribution is 5.80. The van der Waals surface area contributed by atoms with Crippen LogP contribution in [0.3, 0.4) is 0 Å². The van der Waals surface area contributed by atoms with Crippen LogP contribution in [0.1, 0.15) is 32.6 Å². The average molecular weight is 379 g/mol. The van der Waals surface area contributed by atoms with Gasteiger partial charge in [-0.1, -0.05) is 6.08 Å². The van der Waals surface area contributed by atoms with Crippen LogP contribution in [0.4, 0.5) is 0 Å². The van der Waals surface area contributed by atoms with E-state index in [1.807, 2.05) is 9.80 Å². The first kappa shape index (κ1) is 20.3. The normalized spacial score (nSPS) is 22.4. The third-order valence-corrected chi connectivity index (χ3v) is 5.78. The van der Waals surface area contributed by atoms with E-state index in [2.05, 4.69) is 22.8 Å². The van der Waals surface area contributed by atoms with Gasteiger partial charge in [-0.25, -0.2) is 0 Å². The quantitative estimate of drug-likeness (QED) is 0.683. The van der Waals surface area contributed by atoms with Gasteiger partial charge >= 0.3 is 0 Å². The van der Waals surface area contributed by atoms with Gasteiger partial charge in [0.05, 0.1) is 26.3 Å². The maximum atomic E-state index is 12.8. The van der Waals surface area contributed by atoms with Gasteiger partial charge in [0.2, 0.25) is 11.8 Å². The molecule has 0 N–H and O–H groups in total. The van der Waals surface area contributed by atoms with Crippen LogP contribution in [0.25, 0.3) is 0 Å². The monoisotopic (exact) mass is 378 g/mol. The van der Waals surface area contributed by atoms with E-state index in [9.17, 15) is 9.59 Å². The second kappa shape index (κ2) is 10.2. The van der Waals surface area contributed by atoms with Crippen molar-refractivity contribution in [3.05, 3.63) is 11.8 Å². The lowest BCUT2D eigenvalue weighted by atomic mass is 10.0. The molecule has 1 aliphatic carbocycles. The standard InChI is InChI=1S/C20H34N4O3/c1-2-24(18-6-4-3-5-7-18)20(26)17-21-8-10-23(11-9-21)19(25)16-22-12-14-27-15-13-22/h6H,2-5,7-17H2,1H3. The largest absolute Gasteiger partial charge is 0.379 e. The van der Waals surface area contributed by atoms with E-state index in [-0.39, 0.29) is 11.8 Å². The van der Waals surface area contributed by atoms with Crippen molar-refractivity contribution in [3.8, 4) is 0 Å². The van der Waals surface area contributed by atoms with E-state index in [4.69, 9.17) is 4.74 Å². The number of carbonyl (C=O) groups is 2. The van der Waals surface area contributed by atoms with Gasteiger partial charge in [-0.2, -0.15) is 0 Å². The Morgan fingerprint density at radius 1 is 1.00 bits per heavy atom. The Morgan fingerprint density at radius 2 is 1.70 bits per heavy atom. The predicted molar refractivity (Wildman–Crippen MR) is 104 cm³/mol. The summed E-state index contributed by atoms with van der Waals surface area (Å²) in [6.45, 7) is 9.81. The van der Waals surface area contributed by atoms with E-state index >= 15 is 0 Å². The number of amides is 2. The summed E-state index contributed by atoms with van der Waals surface area (Å²) >= 11 is 0. The van der Waals surface area contributed by atoms with Crippen molar-refractivity contribution >= 4 is 11.8 Å². The maximum Gasteiger partial charge on any atom is 0.240 e. The first-order chi connectivity index (χ1) is 13.2. The van der Waals surface area contributed by atoms with E-state index < -0.39 is 0 Å². The van der Waals surface area contributed by atoms with Gasteiger partial charge in [0.25, 0.3) is 0 Å². The van der Waals surface area contributed by atoms with Crippen molar-refractivity contribution in [2.45, 2.75) is 32.6 Å². The van der Waals surface area contributed by atoms with Gasteiger partial charge in [-0.3, -0.25) is 19.4 Å². The second-order valence-corrected chi connectivity index (χ2v) is 7.62. The van der Waals surface area contributed by atoms with Crippen molar-refractivity contribution in [1.82, 2.24) is 19.6 Å². The van der Waals surface area contributed by atoms with Gasteiger partial charge in [0.15, 0.2) is 0 Å². The Kier molecular flexibility index (Phi) is 7.67. The van der Waals surface area contributed by atoms with Crippen molar-refractivity contribution < 1.29 is 14.3 Å². The Bertz CT molecular complexity index is 537. The molecule has 0 bridgehead atoms. The molecule has 7 heteroatoms. The summed E-state index contributed by atoms with van der Waals surface area (Å²) in [6.07, 6.45) is 6.74. The zero-order valence-electron chi connectivity index (χ0n) is 16.7. The number of nitrogens with zero attached hydrogens (tertiary/aromatic N) is 4. The molecule has 7 nitrogen and oxygen atoms in total. The van der Waals surface area contributed by atoms with Crippen molar-refractivity contribution in [2.75, 3.05) is 72.1 Å². The van der Waals surface area contributed by atoms with Gasteiger partial charge in [0, 0.05) is 51.5 Å². The summed E-state index contributed by atoms with van der Waals surface area (Å²) in [4.78, 5) is 33.5. The third kappa shape index (κ3) is 5.77. The first-order valence-electron chi connectivity index (χ1n) is 10.5. The van der Waals surface area contributed by atoms with Gasteiger partial charge in [-0.15, -0.1) is 0 Å². The summed E-state index contributed by atoms with van der Waals surface area (Å²) in [5.41, 5.74) is 1.20. The fourth-order valence-electron chi connectivity index (χ4n) is 4.09. The molecule has 3 rings (SSSR count). The molecular formula is C20H34N4O3. The van der Waals surface area contributed by atoms with Crippen molar-refractivity contribution in [2.24, 2.45) is 0 Å². The Balaban J connectivity index is 1.42. The highest BCUT2D eigenvalue weighted by Gasteiger charge is 2.26. The maximum absolute atomic E-state index is 12.8. The molecule has 2 amide bonds. The van der Waals surface area contributed by atoms with E-state index in [0.29, 0.717) is 39.4 Å². The zero-order valence-corrected chi connectivity index (χ0v) is 16.7. The Morgan fingerprint density at radius 3 is 2.33 bits per heavy atom. The Labute approximate surface area is 162 Å². The summed E-state index contributed by atoms with van der Waals surface area (Å²) < 4.78 is 5.34. The van der Waals surface area contributed by atoms with Crippen LogP contribution < -0.4 is 0 Å². The lowest BCUT2D eigenvalue weighted by Gasteiger charge is -2.37. The van der Waals surface area contributed by atoms with Gasteiger partial charge in [-0.05, 0) is 32.6 Å². The van der Waals surface area contributed by atoms with E-state index in [1.54, 1.807) is 0 Å². The van der Waals surface area contributed by atoms with E-state index in [0.717, 1.165) is 45.6 Å². The molecule has 0 spiro atoms. The molecule has 0 unspecified atom stereocenters. The molecule has 2 aliphatic heterocycles. The molecule has 2 saturated heterocycles. The summed E-state index contributed by atoms with van der Waals surface area (Å²) in [7, 11) is 0. The average Bonchev–Trinajstić information content (AvgIpc) is 2.70. The highest BCUT2D eigenvalue weighted by atomic mass is 16.5. The Hall–Kier alpha value is -1.44. The molecule has 0 radical (unpaired) electrons. The molecule has 0 aromatic carbocycles. The summed E-state index contributed by atoms with van der Waals surface area (Å²) in [5, 5.41) is 0. The molecule has 0 atom stereocenters. The number of ether oxygens (including phenoxy) is 1. The van der Waals surface area contributed by atoms with Crippen LogP contribution in [-0.4, -0.2) is 104 Å². The lowest BCUT2D eigenvalue weighted by Crippen LogP contribution is -2.53. The molecule has 152 valence electrons. The van der Waals surface area contributed by atoms with Crippen LogP contribution >= 0.6 is 0 Å². The number of allylic oxidation sites excluding steroid dienone is 2. The number of hydrogen-bond acceptors (Lipinski definition) is 5. The number of rotatable bonds is 6. The number of morpholine rings is 1. The topological polar surface area (TPSA) is 56.3 Å². The predicted octanol–water partition coefficient (Wildman–Crippen LogP) is 0.769.